The van der Waals surface area contributed by atoms with Gasteiger partial charge in [0, 0.05) is 17.9 Å². The molecule has 1 aromatic carbocycles. The minimum Gasteiger partial charge on any atom is -0.454 e. The minimum absolute atomic E-state index is 0.0439. The third-order valence-electron chi connectivity index (χ3n) is 3.53. The fourth-order valence-electron chi connectivity index (χ4n) is 2.47. The average molecular weight is 286 g/mol. The Bertz CT molecular complexity index is 676. The molecule has 0 radical (unpaired) electrons. The SMILES string of the molecule is Cc1cc(C(=O)NCCc2ccc3c(c2)OCO3)c(C)[nH]1. The van der Waals surface area contributed by atoms with Crippen LogP contribution in [0.5, 0.6) is 11.5 Å². The van der Waals surface area contributed by atoms with Crippen LogP contribution in [0, 0.1) is 13.8 Å². The molecule has 0 spiro atoms. The third kappa shape index (κ3) is 2.86. The van der Waals surface area contributed by atoms with Crippen molar-refractivity contribution < 1.29 is 14.3 Å². The first-order valence-electron chi connectivity index (χ1n) is 6.96. The van der Waals surface area contributed by atoms with Gasteiger partial charge in [0.1, 0.15) is 0 Å². The number of fused-ring (bicyclic) bond motifs is 1. The van der Waals surface area contributed by atoms with Crippen molar-refractivity contribution in [3.63, 3.8) is 0 Å². The second-order valence-corrected chi connectivity index (χ2v) is 5.18. The summed E-state index contributed by atoms with van der Waals surface area (Å²) in [4.78, 5) is 15.2. The minimum atomic E-state index is -0.0439. The van der Waals surface area contributed by atoms with Gasteiger partial charge in [-0.25, -0.2) is 0 Å². The standard InChI is InChI=1S/C16H18N2O3/c1-10-7-13(11(2)18-10)16(19)17-6-5-12-3-4-14-15(8-12)21-9-20-14/h3-4,7-8,18H,5-6,9H2,1-2H3,(H,17,19). The number of aromatic amines is 1. The number of nitrogens with one attached hydrogen (secondary N) is 2. The molecular formula is C16H18N2O3. The summed E-state index contributed by atoms with van der Waals surface area (Å²) in [6.45, 7) is 4.71. The maximum atomic E-state index is 12.1. The van der Waals surface area contributed by atoms with Gasteiger partial charge in [-0.1, -0.05) is 6.07 Å². The van der Waals surface area contributed by atoms with Crippen LogP contribution >= 0.6 is 0 Å². The van der Waals surface area contributed by atoms with E-state index in [9.17, 15) is 4.79 Å². The largest absolute Gasteiger partial charge is 0.454 e. The van der Waals surface area contributed by atoms with E-state index >= 15 is 0 Å². The van der Waals surface area contributed by atoms with Gasteiger partial charge in [0.15, 0.2) is 11.5 Å². The number of amides is 1. The van der Waals surface area contributed by atoms with E-state index in [0.29, 0.717) is 12.1 Å². The number of aryl methyl sites for hydroxylation is 2. The number of hydrogen-bond donors (Lipinski definition) is 2. The van der Waals surface area contributed by atoms with Crippen LogP contribution in [0.4, 0.5) is 0 Å². The van der Waals surface area contributed by atoms with Crippen molar-refractivity contribution in [2.24, 2.45) is 0 Å². The van der Waals surface area contributed by atoms with E-state index in [-0.39, 0.29) is 12.7 Å². The first-order valence-corrected chi connectivity index (χ1v) is 6.96. The number of aromatic nitrogens is 1. The molecule has 0 unspecified atom stereocenters. The van der Waals surface area contributed by atoms with Crippen molar-refractivity contribution in [3.8, 4) is 11.5 Å². The molecule has 1 aliphatic heterocycles. The number of benzene rings is 1. The van der Waals surface area contributed by atoms with E-state index in [1.807, 2.05) is 38.1 Å². The predicted octanol–water partition coefficient (Wildman–Crippen LogP) is 2.33. The van der Waals surface area contributed by atoms with E-state index in [1.165, 1.54) is 0 Å². The molecule has 0 aliphatic carbocycles. The van der Waals surface area contributed by atoms with Gasteiger partial charge in [-0.15, -0.1) is 0 Å². The average Bonchev–Trinajstić information content (AvgIpc) is 3.04. The van der Waals surface area contributed by atoms with Crippen LogP contribution in [0.1, 0.15) is 27.3 Å². The zero-order valence-electron chi connectivity index (χ0n) is 12.2. The lowest BCUT2D eigenvalue weighted by Gasteiger charge is -2.06. The van der Waals surface area contributed by atoms with Crippen LogP contribution in [0.15, 0.2) is 24.3 Å². The first-order chi connectivity index (χ1) is 10.1. The molecule has 5 heteroatoms. The van der Waals surface area contributed by atoms with Crippen molar-refractivity contribution in [1.82, 2.24) is 10.3 Å². The highest BCUT2D eigenvalue weighted by atomic mass is 16.7. The monoisotopic (exact) mass is 286 g/mol. The Morgan fingerprint density at radius 3 is 2.81 bits per heavy atom. The molecule has 0 saturated heterocycles. The highest BCUT2D eigenvalue weighted by Gasteiger charge is 2.14. The third-order valence-corrected chi connectivity index (χ3v) is 3.53. The molecule has 0 saturated carbocycles. The summed E-state index contributed by atoms with van der Waals surface area (Å²) < 4.78 is 10.6. The molecule has 3 rings (SSSR count). The summed E-state index contributed by atoms with van der Waals surface area (Å²) in [5.74, 6) is 1.51. The fraction of sp³-hybridized carbons (Fsp3) is 0.312. The fourth-order valence-corrected chi connectivity index (χ4v) is 2.47. The van der Waals surface area contributed by atoms with Crippen molar-refractivity contribution in [2.75, 3.05) is 13.3 Å². The normalized spacial score (nSPS) is 12.5. The number of carbonyl (C=O) groups excluding carboxylic acids is 1. The zero-order chi connectivity index (χ0) is 14.8. The molecule has 2 heterocycles. The molecule has 0 bridgehead atoms. The Kier molecular flexibility index (Phi) is 3.56. The van der Waals surface area contributed by atoms with Gasteiger partial charge in [0.2, 0.25) is 6.79 Å². The Balaban J connectivity index is 1.56. The number of ether oxygens (including phenoxy) is 2. The summed E-state index contributed by atoms with van der Waals surface area (Å²) in [7, 11) is 0. The van der Waals surface area contributed by atoms with Gasteiger partial charge in [0.05, 0.1) is 5.56 Å². The Labute approximate surface area is 123 Å². The van der Waals surface area contributed by atoms with Gasteiger partial charge in [-0.05, 0) is 44.0 Å². The maximum absolute atomic E-state index is 12.1. The van der Waals surface area contributed by atoms with Crippen LogP contribution in [0.25, 0.3) is 0 Å². The Morgan fingerprint density at radius 1 is 1.24 bits per heavy atom. The maximum Gasteiger partial charge on any atom is 0.253 e. The second-order valence-electron chi connectivity index (χ2n) is 5.18. The van der Waals surface area contributed by atoms with Gasteiger partial charge in [0.25, 0.3) is 5.91 Å². The topological polar surface area (TPSA) is 63.4 Å². The van der Waals surface area contributed by atoms with Gasteiger partial charge >= 0.3 is 0 Å². The van der Waals surface area contributed by atoms with Crippen LogP contribution in [-0.2, 0) is 6.42 Å². The smallest absolute Gasteiger partial charge is 0.253 e. The number of rotatable bonds is 4. The quantitative estimate of drug-likeness (QED) is 0.906. The summed E-state index contributed by atoms with van der Waals surface area (Å²) >= 11 is 0. The molecule has 21 heavy (non-hydrogen) atoms. The molecule has 1 aliphatic rings. The second kappa shape index (κ2) is 5.52. The first kappa shape index (κ1) is 13.5. The lowest BCUT2D eigenvalue weighted by Crippen LogP contribution is -2.25. The molecule has 2 aromatic rings. The van der Waals surface area contributed by atoms with Crippen molar-refractivity contribution >= 4 is 5.91 Å². The zero-order valence-corrected chi connectivity index (χ0v) is 12.2. The molecule has 0 atom stereocenters. The van der Waals surface area contributed by atoms with E-state index in [4.69, 9.17) is 9.47 Å². The number of carbonyl (C=O) groups is 1. The summed E-state index contributed by atoms with van der Waals surface area (Å²) in [6, 6.07) is 7.72. The van der Waals surface area contributed by atoms with Crippen LogP contribution in [0.3, 0.4) is 0 Å². The van der Waals surface area contributed by atoms with E-state index in [2.05, 4.69) is 10.3 Å². The van der Waals surface area contributed by atoms with Crippen molar-refractivity contribution in [1.29, 1.82) is 0 Å². The van der Waals surface area contributed by atoms with Crippen molar-refractivity contribution in [3.05, 3.63) is 46.8 Å². The van der Waals surface area contributed by atoms with Crippen LogP contribution in [-0.4, -0.2) is 24.2 Å². The van der Waals surface area contributed by atoms with Gasteiger partial charge < -0.3 is 19.8 Å². The molecule has 2 N–H and O–H groups in total. The van der Waals surface area contributed by atoms with Crippen molar-refractivity contribution in [2.45, 2.75) is 20.3 Å². The van der Waals surface area contributed by atoms with E-state index < -0.39 is 0 Å². The van der Waals surface area contributed by atoms with E-state index in [1.54, 1.807) is 0 Å². The molecule has 5 nitrogen and oxygen atoms in total. The highest BCUT2D eigenvalue weighted by Crippen LogP contribution is 2.32. The Hall–Kier alpha value is -2.43. The lowest BCUT2D eigenvalue weighted by atomic mass is 10.1. The summed E-state index contributed by atoms with van der Waals surface area (Å²) in [5.41, 5.74) is 3.71. The van der Waals surface area contributed by atoms with Gasteiger partial charge in [-0.3, -0.25) is 4.79 Å². The lowest BCUT2D eigenvalue weighted by molar-refractivity contribution is 0.0953. The predicted molar refractivity (Wildman–Crippen MR) is 78.9 cm³/mol. The Morgan fingerprint density at radius 2 is 2.05 bits per heavy atom. The molecule has 1 amide bonds. The summed E-state index contributed by atoms with van der Waals surface area (Å²) in [6.07, 6.45) is 0.755. The molecular weight excluding hydrogens is 268 g/mol. The molecule has 0 fully saturated rings. The van der Waals surface area contributed by atoms with Crippen LogP contribution < -0.4 is 14.8 Å². The summed E-state index contributed by atoms with van der Waals surface area (Å²) in [5, 5.41) is 2.94. The van der Waals surface area contributed by atoms with E-state index in [0.717, 1.165) is 34.9 Å². The molecule has 1 aromatic heterocycles. The van der Waals surface area contributed by atoms with Gasteiger partial charge in [-0.2, -0.15) is 0 Å². The van der Waals surface area contributed by atoms with Crippen LogP contribution in [0.2, 0.25) is 0 Å². The highest BCUT2D eigenvalue weighted by molar-refractivity contribution is 5.95. The number of H-pyrrole nitrogens is 1. The number of hydrogen-bond acceptors (Lipinski definition) is 3. The molecule has 110 valence electrons.